The third-order valence-corrected chi connectivity index (χ3v) is 6.52. The third kappa shape index (κ3) is 4.79. The van der Waals surface area contributed by atoms with Crippen LogP contribution in [0.15, 0.2) is 71.6 Å². The van der Waals surface area contributed by atoms with Gasteiger partial charge in [-0.1, -0.05) is 12.1 Å². The largest absolute Gasteiger partial charge is 0.494 e. The van der Waals surface area contributed by atoms with Crippen LogP contribution in [0.5, 0.6) is 5.75 Å². The van der Waals surface area contributed by atoms with Gasteiger partial charge in [0.15, 0.2) is 0 Å². The fraction of sp³-hybridized carbons (Fsp3) is 0.120. The van der Waals surface area contributed by atoms with Crippen LogP contribution < -0.4 is 14.8 Å². The van der Waals surface area contributed by atoms with Crippen molar-refractivity contribution in [2.45, 2.75) is 11.8 Å². The molecule has 34 heavy (non-hydrogen) atoms. The molecule has 3 aromatic carbocycles. The van der Waals surface area contributed by atoms with E-state index in [4.69, 9.17) is 4.74 Å². The predicted molar refractivity (Wildman–Crippen MR) is 129 cm³/mol. The highest BCUT2D eigenvalue weighted by Crippen LogP contribution is 2.35. The molecule has 3 aromatic rings. The smallest absolute Gasteiger partial charge is 0.337 e. The summed E-state index contributed by atoms with van der Waals surface area (Å²) in [5.41, 5.74) is 2.75. The van der Waals surface area contributed by atoms with Gasteiger partial charge in [-0.05, 0) is 73.2 Å². The van der Waals surface area contributed by atoms with Crippen molar-refractivity contribution in [1.29, 1.82) is 0 Å². The van der Waals surface area contributed by atoms with E-state index in [1.54, 1.807) is 60.7 Å². The molecule has 0 aromatic heterocycles. The number of hydrogen-bond donors (Lipinski definition) is 2. The van der Waals surface area contributed by atoms with Crippen molar-refractivity contribution in [1.82, 2.24) is 0 Å². The second-order valence-electron chi connectivity index (χ2n) is 7.40. The summed E-state index contributed by atoms with van der Waals surface area (Å²) < 4.78 is 38.6. The lowest BCUT2D eigenvalue weighted by Crippen LogP contribution is -2.13. The molecular formula is C25H22N2O6S. The molecule has 0 atom stereocenters. The average molecular weight is 479 g/mol. The highest BCUT2D eigenvalue weighted by molar-refractivity contribution is 7.92. The molecule has 174 valence electrons. The molecule has 0 bridgehead atoms. The maximum Gasteiger partial charge on any atom is 0.337 e. The fourth-order valence-electron chi connectivity index (χ4n) is 3.48. The van der Waals surface area contributed by atoms with Crippen molar-refractivity contribution in [3.63, 3.8) is 0 Å². The number of hydrogen-bond acceptors (Lipinski definition) is 6. The lowest BCUT2D eigenvalue weighted by atomic mass is 10.0. The van der Waals surface area contributed by atoms with Crippen molar-refractivity contribution in [3.8, 4) is 5.75 Å². The highest BCUT2D eigenvalue weighted by Gasteiger charge is 2.27. The lowest BCUT2D eigenvalue weighted by molar-refractivity contribution is -0.110. The van der Waals surface area contributed by atoms with Crippen LogP contribution in [0.2, 0.25) is 0 Å². The van der Waals surface area contributed by atoms with E-state index in [0.717, 1.165) is 0 Å². The van der Waals surface area contributed by atoms with Crippen LogP contribution in [0.4, 0.5) is 11.4 Å². The normalized spacial score (nSPS) is 13.8. The number of amides is 1. The van der Waals surface area contributed by atoms with Crippen LogP contribution in [0, 0.1) is 0 Å². The molecule has 0 radical (unpaired) electrons. The van der Waals surface area contributed by atoms with Gasteiger partial charge in [-0.3, -0.25) is 9.52 Å². The van der Waals surface area contributed by atoms with Gasteiger partial charge in [-0.2, -0.15) is 0 Å². The molecule has 0 aliphatic carbocycles. The van der Waals surface area contributed by atoms with Crippen LogP contribution in [0.1, 0.15) is 28.4 Å². The van der Waals surface area contributed by atoms with Crippen LogP contribution in [0.25, 0.3) is 11.6 Å². The van der Waals surface area contributed by atoms with Crippen molar-refractivity contribution < 1.29 is 27.5 Å². The standard InChI is InChI=1S/C25H22N2O6S/c1-3-33-19-10-8-18(9-11-19)27-34(30,31)20-12-13-23-21(15-20)22(24(28)26-23)14-16-4-6-17(7-5-16)25(29)32-2/h4-15,27H,3H2,1-2H3,(H,26,28)/b22-14-. The van der Waals surface area contributed by atoms with Crippen LogP contribution in [-0.2, 0) is 19.6 Å². The minimum absolute atomic E-state index is 0.0172. The van der Waals surface area contributed by atoms with Gasteiger partial charge in [-0.15, -0.1) is 0 Å². The van der Waals surface area contributed by atoms with E-state index < -0.39 is 16.0 Å². The molecule has 8 nitrogen and oxygen atoms in total. The molecule has 0 unspecified atom stereocenters. The van der Waals surface area contributed by atoms with Gasteiger partial charge in [0.25, 0.3) is 15.9 Å². The number of anilines is 2. The number of nitrogens with one attached hydrogen (secondary N) is 2. The molecule has 1 aliphatic rings. The topological polar surface area (TPSA) is 111 Å². The molecular weight excluding hydrogens is 456 g/mol. The lowest BCUT2D eigenvalue weighted by Gasteiger charge is -2.10. The molecule has 0 saturated heterocycles. The average Bonchev–Trinajstić information content (AvgIpc) is 3.14. The van der Waals surface area contributed by atoms with Gasteiger partial charge < -0.3 is 14.8 Å². The monoisotopic (exact) mass is 478 g/mol. The van der Waals surface area contributed by atoms with E-state index in [-0.39, 0.29) is 10.8 Å². The van der Waals surface area contributed by atoms with Gasteiger partial charge in [0, 0.05) is 22.5 Å². The fourth-order valence-corrected chi connectivity index (χ4v) is 4.56. The molecule has 1 heterocycles. The van der Waals surface area contributed by atoms with E-state index in [1.165, 1.54) is 19.2 Å². The molecule has 1 aliphatic heterocycles. The summed E-state index contributed by atoms with van der Waals surface area (Å²) in [6.07, 6.45) is 1.64. The number of fused-ring (bicyclic) bond motifs is 1. The summed E-state index contributed by atoms with van der Waals surface area (Å²) in [6.45, 7) is 2.38. The Hall–Kier alpha value is -4.11. The number of benzene rings is 3. The first kappa shape index (κ1) is 23.1. The SMILES string of the molecule is CCOc1ccc(NS(=O)(=O)c2ccc3c(c2)/C(=C/c2ccc(C(=O)OC)cc2)C(=O)N3)cc1. The summed E-state index contributed by atoms with van der Waals surface area (Å²) >= 11 is 0. The van der Waals surface area contributed by atoms with E-state index in [2.05, 4.69) is 14.8 Å². The minimum Gasteiger partial charge on any atom is -0.494 e. The van der Waals surface area contributed by atoms with Crippen molar-refractivity contribution in [2.24, 2.45) is 0 Å². The van der Waals surface area contributed by atoms with Gasteiger partial charge in [-0.25, -0.2) is 13.2 Å². The first-order chi connectivity index (χ1) is 16.3. The summed E-state index contributed by atoms with van der Waals surface area (Å²) in [5.74, 6) is -0.166. The maximum atomic E-state index is 13.0. The Morgan fingerprint density at radius 3 is 2.38 bits per heavy atom. The molecule has 2 N–H and O–H groups in total. The van der Waals surface area contributed by atoms with Crippen molar-refractivity contribution in [2.75, 3.05) is 23.8 Å². The zero-order valence-corrected chi connectivity index (χ0v) is 19.3. The number of ether oxygens (including phenoxy) is 2. The predicted octanol–water partition coefficient (Wildman–Crippen LogP) is 4.17. The minimum atomic E-state index is -3.90. The Kier molecular flexibility index (Phi) is 6.38. The van der Waals surface area contributed by atoms with E-state index in [1.807, 2.05) is 6.92 Å². The molecule has 0 fully saturated rings. The third-order valence-electron chi connectivity index (χ3n) is 5.14. The Morgan fingerprint density at radius 2 is 1.74 bits per heavy atom. The Morgan fingerprint density at radius 1 is 1.03 bits per heavy atom. The second-order valence-corrected chi connectivity index (χ2v) is 9.08. The Labute approximate surface area is 197 Å². The van der Waals surface area contributed by atoms with E-state index in [0.29, 0.717) is 46.0 Å². The zero-order valence-electron chi connectivity index (χ0n) is 18.5. The number of sulfonamides is 1. The Balaban J connectivity index is 1.62. The van der Waals surface area contributed by atoms with Crippen LogP contribution in [0.3, 0.4) is 0 Å². The van der Waals surface area contributed by atoms with Crippen molar-refractivity contribution >= 4 is 44.9 Å². The summed E-state index contributed by atoms with van der Waals surface area (Å²) in [6, 6.07) is 17.6. The molecule has 1 amide bonds. The number of methoxy groups -OCH3 is 1. The number of carbonyl (C=O) groups excluding carboxylic acids is 2. The van der Waals surface area contributed by atoms with Crippen molar-refractivity contribution in [3.05, 3.63) is 83.4 Å². The molecule has 0 saturated carbocycles. The molecule has 4 rings (SSSR count). The number of carbonyl (C=O) groups is 2. The van der Waals surface area contributed by atoms with Crippen LogP contribution >= 0.6 is 0 Å². The van der Waals surface area contributed by atoms with Gasteiger partial charge in [0.1, 0.15) is 5.75 Å². The first-order valence-electron chi connectivity index (χ1n) is 10.4. The number of rotatable bonds is 7. The van der Waals surface area contributed by atoms with E-state index >= 15 is 0 Å². The molecule has 9 heteroatoms. The zero-order chi connectivity index (χ0) is 24.3. The summed E-state index contributed by atoms with van der Waals surface area (Å²) in [4.78, 5) is 24.2. The maximum absolute atomic E-state index is 13.0. The molecule has 0 spiro atoms. The van der Waals surface area contributed by atoms with Gasteiger partial charge in [0.05, 0.1) is 24.2 Å². The number of esters is 1. The summed E-state index contributed by atoms with van der Waals surface area (Å²) in [5, 5.41) is 2.74. The highest BCUT2D eigenvalue weighted by atomic mass is 32.2. The Bertz CT molecular complexity index is 1380. The summed E-state index contributed by atoms with van der Waals surface area (Å²) in [7, 11) is -2.60. The first-order valence-corrected chi connectivity index (χ1v) is 11.9. The van der Waals surface area contributed by atoms with Crippen LogP contribution in [-0.4, -0.2) is 34.0 Å². The quantitative estimate of drug-likeness (QED) is 0.390. The van der Waals surface area contributed by atoms with E-state index in [9.17, 15) is 18.0 Å². The van der Waals surface area contributed by atoms with Gasteiger partial charge >= 0.3 is 5.97 Å². The second kappa shape index (κ2) is 9.40. The van der Waals surface area contributed by atoms with Gasteiger partial charge in [0.2, 0.25) is 0 Å².